The van der Waals surface area contributed by atoms with Crippen LogP contribution in [-0.2, 0) is 13.1 Å². The summed E-state index contributed by atoms with van der Waals surface area (Å²) >= 11 is 0. The Kier molecular flexibility index (Phi) is 16.8. The molecule has 0 saturated carbocycles. The van der Waals surface area contributed by atoms with E-state index in [0.29, 0.717) is 0 Å². The molecule has 0 saturated heterocycles. The van der Waals surface area contributed by atoms with Crippen LogP contribution in [0.4, 0.5) is 11.4 Å². The third kappa shape index (κ3) is 11.6. The third-order valence-electron chi connectivity index (χ3n) is 9.94. The van der Waals surface area contributed by atoms with Gasteiger partial charge in [-0.1, -0.05) is 92.1 Å². The minimum atomic E-state index is 0. The lowest BCUT2D eigenvalue weighted by Crippen LogP contribution is -3.00. The monoisotopic (exact) mass is 928 g/mol. The fourth-order valence-corrected chi connectivity index (χ4v) is 6.89. The van der Waals surface area contributed by atoms with Crippen LogP contribution in [0.2, 0.25) is 0 Å². The van der Waals surface area contributed by atoms with Crippen LogP contribution < -0.4 is 66.9 Å². The highest BCUT2D eigenvalue weighted by atomic mass is 127. The van der Waals surface area contributed by atoms with E-state index in [9.17, 15) is 0 Å². The SMILES string of the molecule is CN(C)c1ccc(/C=C/c2cc[n+](CCCCCCCCC[n+]3ccc(/C=C/c4ccc(N(C)C)cc4)c4ccccc43)c3ccccc23)cc1.[I-].[I-]. The van der Waals surface area contributed by atoms with E-state index < -0.39 is 0 Å². The Hall–Kier alpha value is -3.76. The van der Waals surface area contributed by atoms with Crippen LogP contribution in [0, 0.1) is 0 Å². The zero-order chi connectivity index (χ0) is 35.4. The Morgan fingerprint density at radius 2 is 0.774 bits per heavy atom. The van der Waals surface area contributed by atoms with Crippen LogP contribution in [0.15, 0.2) is 122 Å². The molecule has 4 aromatic carbocycles. The minimum absolute atomic E-state index is 0. The number of halogens is 2. The number of aromatic nitrogens is 2. The fraction of sp³-hybridized carbons (Fsp3) is 0.277. The van der Waals surface area contributed by atoms with Crippen molar-refractivity contribution < 1.29 is 57.1 Å². The summed E-state index contributed by atoms with van der Waals surface area (Å²) in [5.74, 6) is 0. The molecule has 0 fully saturated rings. The maximum Gasteiger partial charge on any atom is 0.213 e. The number of unbranched alkanes of at least 4 members (excludes halogenated alkanes) is 6. The number of pyridine rings is 2. The standard InChI is InChI=1S/C47H54N4.2HI/c1-48(2)42-28-22-38(23-29-42)20-26-40-32-36-50(46-18-12-10-16-44(40)46)34-14-8-6-5-7-9-15-35-51-37-33-41(45-17-11-13-19-47(45)51)27-21-39-24-30-43(31-25-39)49(3)4;;/h10-13,16-33,36-37H,5-9,14-15,34-35H2,1-4H3;2*1H/q+2;;/p-2. The van der Waals surface area contributed by atoms with Crippen molar-refractivity contribution in [3.63, 3.8) is 0 Å². The summed E-state index contributed by atoms with van der Waals surface area (Å²) in [5, 5.41) is 2.62. The van der Waals surface area contributed by atoms with E-state index in [2.05, 4.69) is 193 Å². The van der Waals surface area contributed by atoms with Crippen molar-refractivity contribution in [3.05, 3.63) is 144 Å². The molecule has 6 rings (SSSR count). The third-order valence-corrected chi connectivity index (χ3v) is 9.94. The Bertz CT molecular complexity index is 1930. The Morgan fingerprint density at radius 1 is 0.415 bits per heavy atom. The molecule has 2 aromatic heterocycles. The van der Waals surface area contributed by atoms with Gasteiger partial charge in [0.25, 0.3) is 0 Å². The molecule has 0 aliphatic carbocycles. The van der Waals surface area contributed by atoms with Crippen LogP contribution in [0.3, 0.4) is 0 Å². The van der Waals surface area contributed by atoms with Crippen LogP contribution >= 0.6 is 0 Å². The summed E-state index contributed by atoms with van der Waals surface area (Å²) in [4.78, 5) is 4.26. The summed E-state index contributed by atoms with van der Waals surface area (Å²) in [5.41, 5.74) is 10.0. The van der Waals surface area contributed by atoms with Gasteiger partial charge in [0.05, 0.1) is 10.8 Å². The number of fused-ring (bicyclic) bond motifs is 2. The van der Waals surface area contributed by atoms with Gasteiger partial charge in [-0.15, -0.1) is 0 Å². The van der Waals surface area contributed by atoms with Crippen LogP contribution in [-0.4, -0.2) is 28.2 Å². The first-order chi connectivity index (χ1) is 25.0. The highest BCUT2D eigenvalue weighted by Gasteiger charge is 2.12. The Balaban J connectivity index is 0.00000314. The van der Waals surface area contributed by atoms with Crippen molar-refractivity contribution >= 4 is 57.5 Å². The molecular weight excluding hydrogens is 874 g/mol. The summed E-state index contributed by atoms with van der Waals surface area (Å²) in [7, 11) is 8.30. The highest BCUT2D eigenvalue weighted by Crippen LogP contribution is 2.22. The molecule has 0 aliphatic heterocycles. The smallest absolute Gasteiger partial charge is 0.213 e. The summed E-state index contributed by atoms with van der Waals surface area (Å²) < 4.78 is 4.87. The number of hydrogen-bond donors (Lipinski definition) is 0. The predicted molar refractivity (Wildman–Crippen MR) is 220 cm³/mol. The molecule has 6 aromatic rings. The van der Waals surface area contributed by atoms with E-state index in [1.165, 1.54) is 100 Å². The van der Waals surface area contributed by atoms with Gasteiger partial charge in [0.1, 0.15) is 13.1 Å². The second kappa shape index (κ2) is 21.2. The first-order valence-electron chi connectivity index (χ1n) is 18.7. The Labute approximate surface area is 351 Å². The molecular formula is C47H54I2N4. The molecule has 0 atom stereocenters. The van der Waals surface area contributed by atoms with Crippen molar-refractivity contribution in [1.29, 1.82) is 0 Å². The lowest BCUT2D eigenvalue weighted by Gasteiger charge is -2.11. The maximum absolute atomic E-state index is 2.43. The van der Waals surface area contributed by atoms with E-state index in [1.54, 1.807) is 0 Å². The normalized spacial score (nSPS) is 11.2. The number of anilines is 2. The minimum Gasteiger partial charge on any atom is -1.00 e. The maximum atomic E-state index is 2.43. The van der Waals surface area contributed by atoms with Gasteiger partial charge in [-0.05, 0) is 71.5 Å². The lowest BCUT2D eigenvalue weighted by atomic mass is 10.1. The summed E-state index contributed by atoms with van der Waals surface area (Å²) in [6.07, 6.45) is 22.4. The van der Waals surface area contributed by atoms with Crippen molar-refractivity contribution in [3.8, 4) is 0 Å². The molecule has 276 valence electrons. The first kappa shape index (κ1) is 42.0. The first-order valence-corrected chi connectivity index (χ1v) is 18.7. The van der Waals surface area contributed by atoms with Crippen molar-refractivity contribution in [1.82, 2.24) is 0 Å². The molecule has 2 heterocycles. The molecule has 0 N–H and O–H groups in total. The second-order valence-electron chi connectivity index (χ2n) is 14.1. The van der Waals surface area contributed by atoms with E-state index in [0.717, 1.165) is 13.1 Å². The van der Waals surface area contributed by atoms with Gasteiger partial charge in [-0.3, -0.25) is 0 Å². The van der Waals surface area contributed by atoms with Gasteiger partial charge in [0.2, 0.25) is 11.0 Å². The molecule has 0 amide bonds. The molecule has 6 heteroatoms. The van der Waals surface area contributed by atoms with E-state index in [4.69, 9.17) is 0 Å². The van der Waals surface area contributed by atoms with Gasteiger partial charge in [-0.25, -0.2) is 0 Å². The molecule has 0 radical (unpaired) electrons. The lowest BCUT2D eigenvalue weighted by molar-refractivity contribution is -0.672. The average Bonchev–Trinajstić information content (AvgIpc) is 3.16. The van der Waals surface area contributed by atoms with Crippen LogP contribution in [0.1, 0.15) is 67.2 Å². The summed E-state index contributed by atoms with van der Waals surface area (Å²) in [6, 6.07) is 39.6. The topological polar surface area (TPSA) is 14.2 Å². The van der Waals surface area contributed by atoms with Crippen LogP contribution in [0.5, 0.6) is 0 Å². The van der Waals surface area contributed by atoms with Crippen molar-refractivity contribution in [2.45, 2.75) is 58.0 Å². The van der Waals surface area contributed by atoms with Crippen LogP contribution in [0.25, 0.3) is 46.1 Å². The largest absolute Gasteiger partial charge is 1.00 e. The zero-order valence-electron chi connectivity index (χ0n) is 31.8. The number of aryl methyl sites for hydroxylation is 2. The number of rotatable bonds is 16. The van der Waals surface area contributed by atoms with Gasteiger partial charge >= 0.3 is 0 Å². The molecule has 0 aliphatic rings. The average molecular weight is 929 g/mol. The summed E-state index contributed by atoms with van der Waals surface area (Å²) in [6.45, 7) is 2.13. The Morgan fingerprint density at radius 3 is 1.15 bits per heavy atom. The van der Waals surface area contributed by atoms with Crippen molar-refractivity contribution in [2.24, 2.45) is 0 Å². The number of nitrogens with zero attached hydrogens (tertiary/aromatic N) is 4. The van der Waals surface area contributed by atoms with E-state index in [-0.39, 0.29) is 48.0 Å². The van der Waals surface area contributed by atoms with Gasteiger partial charge in [0, 0.05) is 76.7 Å². The quantitative estimate of drug-likeness (QED) is 0.0809. The van der Waals surface area contributed by atoms with E-state index in [1.807, 2.05) is 0 Å². The molecule has 53 heavy (non-hydrogen) atoms. The van der Waals surface area contributed by atoms with Gasteiger partial charge < -0.3 is 57.8 Å². The van der Waals surface area contributed by atoms with Gasteiger partial charge in [-0.2, -0.15) is 9.13 Å². The molecule has 0 spiro atoms. The fourth-order valence-electron chi connectivity index (χ4n) is 6.89. The van der Waals surface area contributed by atoms with E-state index >= 15 is 0 Å². The number of hydrogen-bond acceptors (Lipinski definition) is 2. The van der Waals surface area contributed by atoms with Crippen molar-refractivity contribution in [2.75, 3.05) is 38.0 Å². The molecule has 0 unspecified atom stereocenters. The highest BCUT2D eigenvalue weighted by molar-refractivity contribution is 5.89. The number of benzene rings is 4. The molecule has 0 bridgehead atoms. The second-order valence-corrected chi connectivity index (χ2v) is 14.1. The number of para-hydroxylation sites is 2. The van der Waals surface area contributed by atoms with Gasteiger partial charge in [0.15, 0.2) is 12.4 Å². The predicted octanol–water partition coefficient (Wildman–Crippen LogP) is 4.48. The zero-order valence-corrected chi connectivity index (χ0v) is 36.1. The molecule has 4 nitrogen and oxygen atoms in total.